The Balaban J connectivity index is 2.44. The normalized spacial score (nSPS) is 9.83. The molecule has 90 valence electrons. The average molecular weight is 265 g/mol. The molecule has 7 heteroatoms. The molecule has 0 amide bonds. The first-order valence-electron chi connectivity index (χ1n) is 4.81. The zero-order valence-electron chi connectivity index (χ0n) is 8.87. The van der Waals surface area contributed by atoms with Gasteiger partial charge in [0.25, 0.3) is 5.56 Å². The molecule has 1 heterocycles. The average Bonchev–Trinajstić information content (AvgIpc) is 2.37. The van der Waals surface area contributed by atoms with Crippen LogP contribution in [0.3, 0.4) is 0 Å². The van der Waals surface area contributed by atoms with Crippen LogP contribution >= 0.6 is 11.6 Å². The molecule has 0 aliphatic heterocycles. The third-order valence-electron chi connectivity index (χ3n) is 2.15. The number of hydrogen-bond acceptors (Lipinski definition) is 4. The Bertz CT molecular complexity index is 692. The van der Waals surface area contributed by atoms with Gasteiger partial charge in [-0.05, 0) is 18.2 Å². The van der Waals surface area contributed by atoms with Crippen molar-refractivity contribution in [2.45, 2.75) is 0 Å². The predicted molar refractivity (Wildman–Crippen MR) is 64.3 cm³/mol. The van der Waals surface area contributed by atoms with Gasteiger partial charge in [0.2, 0.25) is 0 Å². The van der Waals surface area contributed by atoms with Gasteiger partial charge in [-0.25, -0.2) is 9.37 Å². The lowest BCUT2D eigenvalue weighted by Crippen LogP contribution is -2.10. The Morgan fingerprint density at radius 2 is 2.28 bits per heavy atom. The monoisotopic (exact) mass is 264 g/mol. The number of benzene rings is 1. The predicted octanol–water partition coefficient (Wildman–Crippen LogP) is 2.18. The highest BCUT2D eigenvalue weighted by Gasteiger charge is 2.09. The minimum atomic E-state index is -0.526. The van der Waals surface area contributed by atoms with E-state index in [0.717, 1.165) is 6.07 Å². The number of H-pyrrole nitrogens is 1. The minimum absolute atomic E-state index is 0.0909. The number of hydrogen-bond donors (Lipinski definition) is 2. The molecule has 0 radical (unpaired) electrons. The molecule has 0 fully saturated rings. The Labute approximate surface area is 106 Å². The van der Waals surface area contributed by atoms with Gasteiger partial charge < -0.3 is 10.3 Å². The highest BCUT2D eigenvalue weighted by atomic mass is 35.5. The molecular formula is C11H6ClFN4O. The van der Waals surface area contributed by atoms with Crippen molar-refractivity contribution in [2.24, 2.45) is 0 Å². The molecule has 18 heavy (non-hydrogen) atoms. The van der Waals surface area contributed by atoms with E-state index in [9.17, 15) is 9.18 Å². The van der Waals surface area contributed by atoms with E-state index in [-0.39, 0.29) is 16.4 Å². The second-order valence-electron chi connectivity index (χ2n) is 3.32. The van der Waals surface area contributed by atoms with Crippen molar-refractivity contribution in [1.82, 2.24) is 9.97 Å². The summed E-state index contributed by atoms with van der Waals surface area (Å²) in [5.41, 5.74) is -0.0955. The quantitative estimate of drug-likeness (QED) is 0.871. The molecular weight excluding hydrogens is 259 g/mol. The Morgan fingerprint density at radius 3 is 3.00 bits per heavy atom. The SMILES string of the molecule is N#Cc1cc(F)ccc1Nc1nc[nH]c(=O)c1Cl. The Kier molecular flexibility index (Phi) is 3.26. The number of halogens is 2. The molecule has 2 rings (SSSR count). The van der Waals surface area contributed by atoms with Gasteiger partial charge in [0, 0.05) is 0 Å². The molecule has 0 aliphatic rings. The third kappa shape index (κ3) is 2.31. The van der Waals surface area contributed by atoms with E-state index in [0.29, 0.717) is 5.69 Å². The third-order valence-corrected chi connectivity index (χ3v) is 2.50. The number of nitrogens with zero attached hydrogens (tertiary/aromatic N) is 2. The summed E-state index contributed by atoms with van der Waals surface area (Å²) in [6.45, 7) is 0. The first kappa shape index (κ1) is 12.1. The summed E-state index contributed by atoms with van der Waals surface area (Å²) >= 11 is 5.74. The molecule has 1 aromatic heterocycles. The largest absolute Gasteiger partial charge is 0.338 e. The molecule has 0 saturated heterocycles. The van der Waals surface area contributed by atoms with Crippen LogP contribution in [0.5, 0.6) is 0 Å². The summed E-state index contributed by atoms with van der Waals surface area (Å²) in [7, 11) is 0. The number of rotatable bonds is 2. The van der Waals surface area contributed by atoms with Crippen molar-refractivity contribution < 1.29 is 4.39 Å². The number of aromatic nitrogens is 2. The lowest BCUT2D eigenvalue weighted by Gasteiger charge is -2.07. The van der Waals surface area contributed by atoms with Crippen LogP contribution in [0, 0.1) is 17.1 Å². The van der Waals surface area contributed by atoms with E-state index in [1.165, 1.54) is 18.5 Å². The van der Waals surface area contributed by atoms with Crippen molar-refractivity contribution in [3.05, 3.63) is 51.3 Å². The number of aromatic amines is 1. The van der Waals surface area contributed by atoms with Gasteiger partial charge in [-0.15, -0.1) is 0 Å². The second-order valence-corrected chi connectivity index (χ2v) is 3.70. The van der Waals surface area contributed by atoms with Crippen LogP contribution < -0.4 is 10.9 Å². The molecule has 5 nitrogen and oxygen atoms in total. The lowest BCUT2D eigenvalue weighted by molar-refractivity contribution is 0.627. The summed E-state index contributed by atoms with van der Waals surface area (Å²) in [6.07, 6.45) is 1.17. The van der Waals surface area contributed by atoms with Gasteiger partial charge in [-0.2, -0.15) is 5.26 Å². The number of nitriles is 1. The molecule has 0 bridgehead atoms. The molecule has 0 unspecified atom stereocenters. The molecule has 0 spiro atoms. The smallest absolute Gasteiger partial charge is 0.271 e. The van der Waals surface area contributed by atoms with Crippen molar-refractivity contribution in [3.63, 3.8) is 0 Å². The highest BCUT2D eigenvalue weighted by Crippen LogP contribution is 2.22. The van der Waals surface area contributed by atoms with Crippen LogP contribution in [0.4, 0.5) is 15.9 Å². The summed E-state index contributed by atoms with van der Waals surface area (Å²) in [5, 5.41) is 11.4. The topological polar surface area (TPSA) is 81.6 Å². The Morgan fingerprint density at radius 1 is 1.50 bits per heavy atom. The van der Waals surface area contributed by atoms with Crippen LogP contribution in [0.2, 0.25) is 5.02 Å². The standard InChI is InChI=1S/C11H6ClFN4O/c12-9-10(15-5-16-11(9)18)17-8-2-1-7(13)3-6(8)4-14/h1-3,5H,(H2,15,16,17,18). The van der Waals surface area contributed by atoms with Crippen LogP contribution in [0.25, 0.3) is 0 Å². The maximum absolute atomic E-state index is 12.9. The van der Waals surface area contributed by atoms with Crippen molar-refractivity contribution in [1.29, 1.82) is 5.26 Å². The second kappa shape index (κ2) is 4.85. The first-order chi connectivity index (χ1) is 8.61. The van der Waals surface area contributed by atoms with Gasteiger partial charge in [0.15, 0.2) is 5.82 Å². The molecule has 0 saturated carbocycles. The molecule has 0 aliphatic carbocycles. The summed E-state index contributed by atoms with van der Waals surface area (Å²) in [4.78, 5) is 17.4. The van der Waals surface area contributed by atoms with Gasteiger partial charge >= 0.3 is 0 Å². The zero-order valence-corrected chi connectivity index (χ0v) is 9.62. The molecule has 2 N–H and O–H groups in total. The van der Waals surface area contributed by atoms with Crippen molar-refractivity contribution in [3.8, 4) is 6.07 Å². The fourth-order valence-corrected chi connectivity index (χ4v) is 1.47. The fourth-order valence-electron chi connectivity index (χ4n) is 1.32. The Hall–Kier alpha value is -2.39. The zero-order chi connectivity index (χ0) is 13.1. The molecule has 0 atom stereocenters. The van der Waals surface area contributed by atoms with Gasteiger partial charge in [-0.1, -0.05) is 11.6 Å². The first-order valence-corrected chi connectivity index (χ1v) is 5.19. The molecule has 2 aromatic rings. The van der Waals surface area contributed by atoms with Crippen LogP contribution in [0.15, 0.2) is 29.3 Å². The minimum Gasteiger partial charge on any atom is -0.338 e. The van der Waals surface area contributed by atoms with Crippen LogP contribution in [-0.2, 0) is 0 Å². The summed E-state index contributed by atoms with van der Waals surface area (Å²) in [6, 6.07) is 5.46. The van der Waals surface area contributed by atoms with Gasteiger partial charge in [-0.3, -0.25) is 4.79 Å². The van der Waals surface area contributed by atoms with E-state index < -0.39 is 11.4 Å². The van der Waals surface area contributed by atoms with Crippen molar-refractivity contribution >= 4 is 23.1 Å². The van der Waals surface area contributed by atoms with Crippen LogP contribution in [0.1, 0.15) is 5.56 Å². The van der Waals surface area contributed by atoms with E-state index in [1.807, 2.05) is 6.07 Å². The van der Waals surface area contributed by atoms with Crippen LogP contribution in [-0.4, -0.2) is 9.97 Å². The number of anilines is 2. The fraction of sp³-hybridized carbons (Fsp3) is 0. The van der Waals surface area contributed by atoms with Gasteiger partial charge in [0.05, 0.1) is 17.6 Å². The lowest BCUT2D eigenvalue weighted by atomic mass is 10.2. The van der Waals surface area contributed by atoms with E-state index in [2.05, 4.69) is 15.3 Å². The van der Waals surface area contributed by atoms with E-state index >= 15 is 0 Å². The number of nitrogens with one attached hydrogen (secondary N) is 2. The maximum atomic E-state index is 12.9. The highest BCUT2D eigenvalue weighted by molar-refractivity contribution is 6.32. The summed E-state index contributed by atoms with van der Waals surface area (Å²) in [5.74, 6) is -0.425. The molecule has 1 aromatic carbocycles. The van der Waals surface area contributed by atoms with E-state index in [1.54, 1.807) is 0 Å². The van der Waals surface area contributed by atoms with Crippen molar-refractivity contribution in [2.75, 3.05) is 5.32 Å². The maximum Gasteiger partial charge on any atom is 0.271 e. The van der Waals surface area contributed by atoms with Gasteiger partial charge in [0.1, 0.15) is 16.9 Å². The van der Waals surface area contributed by atoms with E-state index in [4.69, 9.17) is 16.9 Å². The summed E-state index contributed by atoms with van der Waals surface area (Å²) < 4.78 is 12.9.